The minimum atomic E-state index is 0. The number of aliphatic imine (C=N–C) groups is 1. The Balaban J connectivity index is 0.00000280. The highest BCUT2D eigenvalue weighted by Gasteiger charge is 2.16. The Morgan fingerprint density at radius 3 is 2.82 bits per heavy atom. The molecule has 0 amide bonds. The van der Waals surface area contributed by atoms with E-state index in [2.05, 4.69) is 32.6 Å². The summed E-state index contributed by atoms with van der Waals surface area (Å²) in [5.74, 6) is 1.54. The molecule has 0 unspecified atom stereocenters. The van der Waals surface area contributed by atoms with E-state index in [0.717, 1.165) is 56.3 Å². The van der Waals surface area contributed by atoms with Crippen LogP contribution in [0.2, 0.25) is 0 Å². The third-order valence-electron chi connectivity index (χ3n) is 4.57. The minimum absolute atomic E-state index is 0. The fraction of sp³-hybridized carbons (Fsp3) is 0.550. The van der Waals surface area contributed by atoms with Crippen LogP contribution in [0.25, 0.3) is 0 Å². The van der Waals surface area contributed by atoms with E-state index in [1.807, 2.05) is 35.3 Å². The molecule has 2 aromatic rings. The van der Waals surface area contributed by atoms with Crippen LogP contribution in [0.1, 0.15) is 44.6 Å². The summed E-state index contributed by atoms with van der Waals surface area (Å²) >= 11 is 0. The van der Waals surface area contributed by atoms with E-state index >= 15 is 0 Å². The molecule has 7 nitrogen and oxygen atoms in total. The summed E-state index contributed by atoms with van der Waals surface area (Å²) in [6.07, 6.45) is 11.8. The first-order valence-corrected chi connectivity index (χ1v) is 9.94. The van der Waals surface area contributed by atoms with Gasteiger partial charge in [0, 0.05) is 44.3 Å². The second kappa shape index (κ2) is 12.6. The number of pyridine rings is 1. The molecule has 0 spiro atoms. The van der Waals surface area contributed by atoms with Crippen LogP contribution in [-0.2, 0) is 13.1 Å². The average molecular weight is 498 g/mol. The molecule has 8 heteroatoms. The first-order valence-electron chi connectivity index (χ1n) is 9.94. The van der Waals surface area contributed by atoms with Gasteiger partial charge in [0.1, 0.15) is 6.10 Å². The third kappa shape index (κ3) is 7.65. The van der Waals surface area contributed by atoms with Crippen molar-refractivity contribution in [3.63, 3.8) is 0 Å². The van der Waals surface area contributed by atoms with Gasteiger partial charge >= 0.3 is 0 Å². The standard InChI is InChI=1S/C20H30N6O.HI/c1-2-21-20(22-11-5-13-26-14-6-12-25-26)24-16-17-9-10-19(23-15-17)27-18-7-3-4-8-18;/h6,9-10,12,14-15,18H,2-5,7-8,11,13,16H2,1H3,(H2,21,22,24);1H. The van der Waals surface area contributed by atoms with Gasteiger partial charge in [0.15, 0.2) is 5.96 Å². The Kier molecular flexibility index (Phi) is 10.1. The monoisotopic (exact) mass is 498 g/mol. The Morgan fingerprint density at radius 2 is 2.14 bits per heavy atom. The first kappa shape index (κ1) is 22.4. The van der Waals surface area contributed by atoms with Crippen molar-refractivity contribution in [3.05, 3.63) is 42.4 Å². The molecule has 1 fully saturated rings. The van der Waals surface area contributed by atoms with E-state index in [1.165, 1.54) is 12.8 Å². The van der Waals surface area contributed by atoms with Crippen molar-refractivity contribution in [2.75, 3.05) is 13.1 Å². The Bertz CT molecular complexity index is 683. The number of aromatic nitrogens is 3. The lowest BCUT2D eigenvalue weighted by atomic mass is 10.3. The molecule has 0 atom stereocenters. The zero-order valence-electron chi connectivity index (χ0n) is 16.5. The number of rotatable bonds is 9. The highest BCUT2D eigenvalue weighted by Crippen LogP contribution is 2.22. The zero-order valence-corrected chi connectivity index (χ0v) is 18.8. The van der Waals surface area contributed by atoms with E-state index in [1.54, 1.807) is 6.20 Å². The molecular weight excluding hydrogens is 467 g/mol. The van der Waals surface area contributed by atoms with Gasteiger partial charge in [-0.2, -0.15) is 5.10 Å². The largest absolute Gasteiger partial charge is 0.474 e. The molecule has 0 saturated heterocycles. The Hall–Kier alpha value is -1.84. The van der Waals surface area contributed by atoms with Gasteiger partial charge in [-0.15, -0.1) is 24.0 Å². The Labute approximate surface area is 184 Å². The lowest BCUT2D eigenvalue weighted by Gasteiger charge is -2.12. The maximum absolute atomic E-state index is 5.91. The number of ether oxygens (including phenoxy) is 1. The van der Waals surface area contributed by atoms with Crippen LogP contribution in [0.15, 0.2) is 41.8 Å². The highest BCUT2D eigenvalue weighted by molar-refractivity contribution is 14.0. The molecule has 3 rings (SSSR count). The summed E-state index contributed by atoms with van der Waals surface area (Å²) in [5.41, 5.74) is 1.07. The quantitative estimate of drug-likeness (QED) is 0.240. The van der Waals surface area contributed by atoms with Crippen molar-refractivity contribution in [1.29, 1.82) is 0 Å². The number of hydrogen-bond donors (Lipinski definition) is 2. The summed E-state index contributed by atoms with van der Waals surface area (Å²) in [6, 6.07) is 5.94. The molecule has 0 bridgehead atoms. The molecule has 2 N–H and O–H groups in total. The molecule has 1 saturated carbocycles. The van der Waals surface area contributed by atoms with Crippen LogP contribution in [-0.4, -0.2) is 39.9 Å². The van der Waals surface area contributed by atoms with Crippen LogP contribution < -0.4 is 15.4 Å². The molecule has 28 heavy (non-hydrogen) atoms. The van der Waals surface area contributed by atoms with E-state index in [-0.39, 0.29) is 24.0 Å². The predicted octanol–water partition coefficient (Wildman–Crippen LogP) is 3.36. The van der Waals surface area contributed by atoms with Crippen LogP contribution in [0.4, 0.5) is 0 Å². The van der Waals surface area contributed by atoms with Gasteiger partial charge < -0.3 is 15.4 Å². The van der Waals surface area contributed by atoms with Crippen molar-refractivity contribution in [3.8, 4) is 5.88 Å². The van der Waals surface area contributed by atoms with Crippen LogP contribution in [0.5, 0.6) is 5.88 Å². The SMILES string of the molecule is CCNC(=NCc1ccc(OC2CCCC2)nc1)NCCCn1cccn1.I. The molecule has 154 valence electrons. The summed E-state index contributed by atoms with van der Waals surface area (Å²) in [6.45, 7) is 5.23. The maximum atomic E-state index is 5.91. The van der Waals surface area contributed by atoms with Crippen molar-refractivity contribution < 1.29 is 4.74 Å². The lowest BCUT2D eigenvalue weighted by molar-refractivity contribution is 0.201. The van der Waals surface area contributed by atoms with Gasteiger partial charge in [-0.3, -0.25) is 4.68 Å². The second-order valence-corrected chi connectivity index (χ2v) is 6.77. The summed E-state index contributed by atoms with van der Waals surface area (Å²) < 4.78 is 7.85. The van der Waals surface area contributed by atoms with Gasteiger partial charge in [-0.25, -0.2) is 9.98 Å². The summed E-state index contributed by atoms with van der Waals surface area (Å²) in [5, 5.41) is 10.9. The van der Waals surface area contributed by atoms with E-state index in [9.17, 15) is 0 Å². The molecule has 0 aromatic carbocycles. The molecule has 2 heterocycles. The zero-order chi connectivity index (χ0) is 18.7. The fourth-order valence-corrected chi connectivity index (χ4v) is 3.14. The first-order chi connectivity index (χ1) is 13.3. The van der Waals surface area contributed by atoms with Gasteiger partial charge in [-0.05, 0) is 50.7 Å². The van der Waals surface area contributed by atoms with Gasteiger partial charge in [0.05, 0.1) is 6.54 Å². The highest BCUT2D eigenvalue weighted by atomic mass is 127. The number of hydrogen-bond acceptors (Lipinski definition) is 4. The topological polar surface area (TPSA) is 76.4 Å². The van der Waals surface area contributed by atoms with Gasteiger partial charge in [-0.1, -0.05) is 6.07 Å². The average Bonchev–Trinajstić information content (AvgIpc) is 3.38. The number of nitrogens with one attached hydrogen (secondary N) is 2. The summed E-state index contributed by atoms with van der Waals surface area (Å²) in [4.78, 5) is 9.07. The Morgan fingerprint density at radius 1 is 1.29 bits per heavy atom. The van der Waals surface area contributed by atoms with Crippen molar-refractivity contribution in [1.82, 2.24) is 25.4 Å². The maximum Gasteiger partial charge on any atom is 0.213 e. The van der Waals surface area contributed by atoms with Crippen molar-refractivity contribution >= 4 is 29.9 Å². The minimum Gasteiger partial charge on any atom is -0.474 e. The molecule has 1 aliphatic carbocycles. The molecule has 2 aromatic heterocycles. The lowest BCUT2D eigenvalue weighted by Crippen LogP contribution is -2.38. The third-order valence-corrected chi connectivity index (χ3v) is 4.57. The number of guanidine groups is 1. The molecule has 0 radical (unpaired) electrons. The van der Waals surface area contributed by atoms with E-state index < -0.39 is 0 Å². The summed E-state index contributed by atoms with van der Waals surface area (Å²) in [7, 11) is 0. The number of nitrogens with zero attached hydrogens (tertiary/aromatic N) is 4. The number of aryl methyl sites for hydroxylation is 1. The van der Waals surface area contributed by atoms with Gasteiger partial charge in [0.2, 0.25) is 5.88 Å². The molecular formula is C20H31IN6O. The molecule has 0 aliphatic heterocycles. The van der Waals surface area contributed by atoms with E-state index in [0.29, 0.717) is 12.6 Å². The smallest absolute Gasteiger partial charge is 0.213 e. The van der Waals surface area contributed by atoms with Crippen LogP contribution in [0, 0.1) is 0 Å². The van der Waals surface area contributed by atoms with E-state index in [4.69, 9.17) is 4.74 Å². The number of halogens is 1. The van der Waals surface area contributed by atoms with Gasteiger partial charge in [0.25, 0.3) is 0 Å². The van der Waals surface area contributed by atoms with Crippen LogP contribution in [0.3, 0.4) is 0 Å². The normalized spacial score (nSPS) is 14.5. The van der Waals surface area contributed by atoms with Crippen molar-refractivity contribution in [2.45, 2.75) is 58.2 Å². The fourth-order valence-electron chi connectivity index (χ4n) is 3.14. The second-order valence-electron chi connectivity index (χ2n) is 6.77. The predicted molar refractivity (Wildman–Crippen MR) is 122 cm³/mol. The van der Waals surface area contributed by atoms with Crippen molar-refractivity contribution in [2.24, 2.45) is 4.99 Å². The molecule has 1 aliphatic rings. The van der Waals surface area contributed by atoms with Crippen LogP contribution >= 0.6 is 24.0 Å².